The molecule has 0 aromatic heterocycles. The van der Waals surface area contributed by atoms with Crippen LogP contribution in [0.15, 0.2) is 121 Å². The highest BCUT2D eigenvalue weighted by Crippen LogP contribution is 2.67. The Morgan fingerprint density at radius 1 is 0.441 bits per heavy atom. The van der Waals surface area contributed by atoms with Gasteiger partial charge in [-0.2, -0.15) is 0 Å². The summed E-state index contributed by atoms with van der Waals surface area (Å²) in [6.07, 6.45) is 15.1. The second kappa shape index (κ2) is 15.3. The smallest absolute Gasteiger partial charge is 0.141 e. The zero-order valence-corrected chi connectivity index (χ0v) is 41.3. The standard InChI is InChI=1S/C62H62B5N/c1-2-36-22-33-9-8-12-39(23-33)48-31-54-50(29-46(36)48)51-30-47-40-24-34-21-35(25-40)27-41(26-34)49(47)32-55(51)62(54)52-14-7-6-13-44(52)45-20-19-43(28-53(45)62)68(61-59(66)57(64)56(63)58(65)60(61)67)42-17-15-38(16-18-42)37-10-4-3-5-11-37/h3-7,10-11,13-20,28-36,39-41H,2,8-9,12,21-27,63-67H2,1H3. The number of fused-ring (bicyclic) bond motifs is 14. The van der Waals surface area contributed by atoms with E-state index >= 15 is 0 Å². The topological polar surface area (TPSA) is 3.24 Å². The predicted molar refractivity (Wildman–Crippen MR) is 302 cm³/mol. The molecule has 1 spiro atoms. The Kier molecular flexibility index (Phi) is 9.38. The van der Waals surface area contributed by atoms with E-state index in [1.165, 1.54) is 148 Å². The Bertz CT molecular complexity index is 3200. The van der Waals surface area contributed by atoms with Gasteiger partial charge in [-0.3, -0.25) is 0 Å². The van der Waals surface area contributed by atoms with Crippen molar-refractivity contribution in [3.8, 4) is 33.4 Å². The SMILES string of the molecule is Bc1c(B)c(B)c(N(c2ccc(-c3ccccc3)cc2)c2ccc3c(c2)C2(c4ccccc4-3)c3cc4c(cc3-c3cc5c(cc32)C2CC3CC(CC5C3)C2)C(CC)CC2CCCC4C2)c(B)c1B. The summed E-state index contributed by atoms with van der Waals surface area (Å²) < 4.78 is 0. The van der Waals surface area contributed by atoms with E-state index in [1.807, 2.05) is 0 Å². The largest absolute Gasteiger partial charge is 0.312 e. The minimum atomic E-state index is -0.409. The molecule has 7 aromatic rings. The summed E-state index contributed by atoms with van der Waals surface area (Å²) in [5.41, 5.74) is 31.6. The lowest BCUT2D eigenvalue weighted by Crippen LogP contribution is -2.56. The molecule has 7 aromatic carbocycles. The van der Waals surface area contributed by atoms with Crippen molar-refractivity contribution in [2.24, 2.45) is 17.8 Å². The van der Waals surface area contributed by atoms with Crippen molar-refractivity contribution in [2.75, 3.05) is 4.90 Å². The highest BCUT2D eigenvalue weighted by atomic mass is 15.1. The number of hydrogen-bond donors (Lipinski definition) is 0. The first-order chi connectivity index (χ1) is 33.2. The average molecular weight is 875 g/mol. The van der Waals surface area contributed by atoms with Crippen molar-refractivity contribution in [3.05, 3.63) is 166 Å². The highest BCUT2D eigenvalue weighted by molar-refractivity contribution is 6.69. The van der Waals surface area contributed by atoms with E-state index in [0.29, 0.717) is 23.7 Å². The first-order valence-corrected chi connectivity index (χ1v) is 26.8. The van der Waals surface area contributed by atoms with Gasteiger partial charge in [-0.05, 0) is 201 Å². The molecule has 0 amide bonds. The first kappa shape index (κ1) is 41.6. The Morgan fingerprint density at radius 3 is 1.68 bits per heavy atom. The van der Waals surface area contributed by atoms with E-state index in [4.69, 9.17) is 0 Å². The third-order valence-corrected chi connectivity index (χ3v) is 20.0. The minimum absolute atomic E-state index is 0.409. The van der Waals surface area contributed by atoms with Crippen LogP contribution in [0.4, 0.5) is 17.1 Å². The Labute approximate surface area is 410 Å². The summed E-state index contributed by atoms with van der Waals surface area (Å²) in [7, 11) is 11.7. The van der Waals surface area contributed by atoms with E-state index in [1.54, 1.807) is 44.5 Å². The van der Waals surface area contributed by atoms with Crippen molar-refractivity contribution in [3.63, 3.8) is 0 Å². The van der Waals surface area contributed by atoms with Gasteiger partial charge in [-0.25, -0.2) is 0 Å². The van der Waals surface area contributed by atoms with Gasteiger partial charge >= 0.3 is 0 Å². The number of anilines is 3. The van der Waals surface area contributed by atoms with Crippen molar-refractivity contribution in [2.45, 2.75) is 107 Å². The second-order valence-electron chi connectivity index (χ2n) is 23.2. The number of hydrogen-bond acceptors (Lipinski definition) is 1. The Balaban J connectivity index is 1.06. The van der Waals surface area contributed by atoms with Crippen LogP contribution < -0.4 is 32.2 Å². The van der Waals surface area contributed by atoms with Gasteiger partial charge in [-0.15, -0.1) is 5.46 Å². The second-order valence-corrected chi connectivity index (χ2v) is 23.2. The Morgan fingerprint density at radius 2 is 0.985 bits per heavy atom. The monoisotopic (exact) mass is 876 g/mol. The van der Waals surface area contributed by atoms with Crippen LogP contribution in [0.5, 0.6) is 0 Å². The summed E-state index contributed by atoms with van der Waals surface area (Å²) in [6, 6.07) is 48.9. The molecule has 8 aliphatic carbocycles. The van der Waals surface area contributed by atoms with E-state index < -0.39 is 5.41 Å². The maximum atomic E-state index is 2.86. The van der Waals surface area contributed by atoms with Gasteiger partial charge in [0, 0.05) is 17.1 Å². The number of rotatable bonds is 5. The molecule has 15 rings (SSSR count). The van der Waals surface area contributed by atoms with Crippen LogP contribution in [0.25, 0.3) is 33.4 Å². The van der Waals surface area contributed by atoms with Crippen LogP contribution in [0.3, 0.4) is 0 Å². The van der Waals surface area contributed by atoms with Crippen molar-refractivity contribution >= 4 is 83.6 Å². The molecule has 3 saturated carbocycles. The third-order valence-electron chi connectivity index (χ3n) is 20.0. The Hall–Kier alpha value is -5.34. The van der Waals surface area contributed by atoms with Gasteiger partial charge in [0.1, 0.15) is 39.2 Å². The quantitative estimate of drug-likeness (QED) is 0.159. The van der Waals surface area contributed by atoms with Crippen LogP contribution in [0.2, 0.25) is 0 Å². The fourth-order valence-electron chi connectivity index (χ4n) is 16.6. The van der Waals surface area contributed by atoms with Crippen LogP contribution in [-0.2, 0) is 5.41 Å². The van der Waals surface area contributed by atoms with Gasteiger partial charge in [0.05, 0.1) is 5.41 Å². The molecule has 0 heterocycles. The maximum absolute atomic E-state index is 2.86. The van der Waals surface area contributed by atoms with E-state index in [-0.39, 0.29) is 0 Å². The lowest BCUT2D eigenvalue weighted by Gasteiger charge is -2.38. The predicted octanol–water partition coefficient (Wildman–Crippen LogP) is 8.02. The van der Waals surface area contributed by atoms with Crippen molar-refractivity contribution in [1.29, 1.82) is 0 Å². The lowest BCUT2D eigenvalue weighted by atomic mass is 9.61. The van der Waals surface area contributed by atoms with Crippen LogP contribution in [-0.4, -0.2) is 39.2 Å². The minimum Gasteiger partial charge on any atom is -0.312 e. The fourth-order valence-corrected chi connectivity index (χ4v) is 16.6. The van der Waals surface area contributed by atoms with Gasteiger partial charge in [0.15, 0.2) is 0 Å². The zero-order valence-electron chi connectivity index (χ0n) is 41.3. The van der Waals surface area contributed by atoms with Gasteiger partial charge in [0.25, 0.3) is 0 Å². The van der Waals surface area contributed by atoms with Crippen molar-refractivity contribution < 1.29 is 0 Å². The summed E-state index contributed by atoms with van der Waals surface area (Å²) in [5.74, 6) is 5.33. The molecule has 0 radical (unpaired) electrons. The molecule has 68 heavy (non-hydrogen) atoms. The lowest BCUT2D eigenvalue weighted by molar-refractivity contribution is 0.166. The molecular formula is C62H62B5N. The van der Waals surface area contributed by atoms with Crippen LogP contribution >= 0.6 is 0 Å². The normalized spacial score (nSPS) is 26.3. The first-order valence-electron chi connectivity index (χ1n) is 26.8. The van der Waals surface area contributed by atoms with E-state index in [2.05, 4.69) is 172 Å². The molecule has 0 saturated heterocycles. The van der Waals surface area contributed by atoms with Crippen LogP contribution in [0, 0.1) is 17.8 Å². The molecule has 3 fully saturated rings. The highest BCUT2D eigenvalue weighted by Gasteiger charge is 2.54. The van der Waals surface area contributed by atoms with E-state index in [9.17, 15) is 0 Å². The van der Waals surface area contributed by atoms with E-state index in [0.717, 1.165) is 17.8 Å². The van der Waals surface area contributed by atoms with Crippen molar-refractivity contribution in [1.82, 2.24) is 0 Å². The fraction of sp³-hybridized carbons (Fsp3) is 0.323. The molecule has 0 N–H and O–H groups in total. The summed E-state index contributed by atoms with van der Waals surface area (Å²) >= 11 is 0. The molecule has 0 aliphatic heterocycles. The summed E-state index contributed by atoms with van der Waals surface area (Å²) in [5, 5.41) is 0. The average Bonchev–Trinajstić information content (AvgIpc) is 3.71. The molecular weight excluding hydrogens is 813 g/mol. The number of benzene rings is 7. The van der Waals surface area contributed by atoms with Gasteiger partial charge < -0.3 is 4.90 Å². The summed E-state index contributed by atoms with van der Waals surface area (Å²) in [6.45, 7) is 2.48. The van der Waals surface area contributed by atoms with Gasteiger partial charge in [0.2, 0.25) is 0 Å². The zero-order chi connectivity index (χ0) is 45.7. The molecule has 6 bridgehead atoms. The third kappa shape index (κ3) is 5.82. The molecule has 1 nitrogen and oxygen atoms in total. The maximum Gasteiger partial charge on any atom is 0.141 e. The molecule has 6 unspecified atom stereocenters. The molecule has 6 heteroatoms. The van der Waals surface area contributed by atoms with Gasteiger partial charge in [-0.1, -0.05) is 139 Å². The molecule has 6 atom stereocenters. The number of nitrogens with zero attached hydrogens (tertiary/aromatic N) is 1. The summed E-state index contributed by atoms with van der Waals surface area (Å²) in [4.78, 5) is 2.63. The molecule has 330 valence electrons. The molecule has 8 aliphatic rings. The van der Waals surface area contributed by atoms with Crippen LogP contribution in [0.1, 0.15) is 146 Å².